The summed E-state index contributed by atoms with van der Waals surface area (Å²) in [5.74, 6) is 0.154. The second kappa shape index (κ2) is 23.8. The molecule has 0 saturated heterocycles. The fourth-order valence-electron chi connectivity index (χ4n) is 8.07. The van der Waals surface area contributed by atoms with E-state index < -0.39 is 5.97 Å². The van der Waals surface area contributed by atoms with Crippen molar-refractivity contribution in [1.29, 1.82) is 0 Å². The van der Waals surface area contributed by atoms with Crippen LogP contribution >= 0.6 is 0 Å². The van der Waals surface area contributed by atoms with Crippen molar-refractivity contribution in [1.82, 2.24) is 0 Å². The summed E-state index contributed by atoms with van der Waals surface area (Å²) in [7, 11) is 0. The van der Waals surface area contributed by atoms with Crippen LogP contribution in [-0.2, 0) is 64.3 Å². The van der Waals surface area contributed by atoms with Crippen LogP contribution < -0.4 is 39.8 Å². The van der Waals surface area contributed by atoms with Gasteiger partial charge in [0.15, 0.2) is 0 Å². The van der Waals surface area contributed by atoms with Crippen LogP contribution in [0, 0.1) is 0 Å². The van der Waals surface area contributed by atoms with Gasteiger partial charge in [0.2, 0.25) is 0 Å². The van der Waals surface area contributed by atoms with Gasteiger partial charge < -0.3 is 45.1 Å². The quantitative estimate of drug-likeness (QED) is 0.0656. The molecule has 0 aliphatic rings. The molecule has 6 aromatic carbocycles. The molecule has 8 rings (SSSR count). The van der Waals surface area contributed by atoms with Crippen molar-refractivity contribution in [2.24, 2.45) is 11.5 Å². The SMILES string of the molecule is CC(C)(C)c1ccc(CC(=O)O)c(OCc2cc(-c3cccc(CN)c3)c3occc3c2)c1.CCOC(=O)Cc1ccc(C(C)(C)C)cc1OCc1cc(-c2cccc(CN)c2)c2occc2c1.[Li+].[OH-]. The predicted molar refractivity (Wildman–Crippen MR) is 272 cm³/mol. The summed E-state index contributed by atoms with van der Waals surface area (Å²) >= 11 is 0. The summed E-state index contributed by atoms with van der Waals surface area (Å²) in [4.78, 5) is 23.6. The number of nitrogens with two attached hydrogens (primary N) is 2. The molecule has 11 nitrogen and oxygen atoms in total. The van der Waals surface area contributed by atoms with Gasteiger partial charge in [0.25, 0.3) is 0 Å². The number of carbonyl (C=O) groups excluding carboxylic acids is 1. The number of fused-ring (bicyclic) bond motifs is 2. The van der Waals surface area contributed by atoms with Gasteiger partial charge in [-0.2, -0.15) is 0 Å². The molecule has 0 fully saturated rings. The van der Waals surface area contributed by atoms with E-state index in [0.29, 0.717) is 50.0 Å². The Kier molecular flexibility index (Phi) is 18.5. The molecule has 0 saturated carbocycles. The number of carbonyl (C=O) groups is 2. The molecule has 0 unspecified atom stereocenters. The Morgan fingerprint density at radius 2 is 1.01 bits per heavy atom. The van der Waals surface area contributed by atoms with Gasteiger partial charge in [0, 0.05) is 46.1 Å². The second-order valence-electron chi connectivity index (χ2n) is 19.0. The van der Waals surface area contributed by atoms with Crippen LogP contribution in [0.5, 0.6) is 11.5 Å². The van der Waals surface area contributed by atoms with Crippen molar-refractivity contribution >= 4 is 33.9 Å². The second-order valence-corrected chi connectivity index (χ2v) is 19.0. The Hall–Kier alpha value is -6.58. The first-order valence-electron chi connectivity index (χ1n) is 23.0. The Morgan fingerprint density at radius 1 is 0.571 bits per heavy atom. The molecule has 0 radical (unpaired) electrons. The van der Waals surface area contributed by atoms with Gasteiger partial charge >= 0.3 is 30.8 Å². The zero-order valence-electron chi connectivity index (χ0n) is 41.6. The first kappa shape index (κ1) is 54.4. The minimum absolute atomic E-state index is 0. The van der Waals surface area contributed by atoms with Crippen LogP contribution in [0.4, 0.5) is 0 Å². The standard InChI is InChI=1S/C30H33NO4.C28H29NO4.Li.H2O/c1-5-33-28(32)16-23-9-10-25(30(2,3)4)17-27(23)35-19-21-14-24-11-12-34-29(24)26(15-21)22-8-6-7-20(13-22)18-31;1-28(2,3)23-8-7-21(14-26(30)31)25(15-23)33-17-19-12-22-9-10-32-27(22)24(13-19)20-6-4-5-18(11-20)16-29;;/h6-15,17H,5,16,18-19,31H2,1-4H3;4-13,15H,14,16-17,29H2,1-3H3,(H,30,31);;1H2/q;;+1;/p-1. The molecule has 70 heavy (non-hydrogen) atoms. The van der Waals surface area contributed by atoms with Gasteiger partial charge in [-0.1, -0.05) is 102 Å². The number of ether oxygens (including phenoxy) is 3. The van der Waals surface area contributed by atoms with Crippen LogP contribution in [0.1, 0.15) is 93.0 Å². The van der Waals surface area contributed by atoms with E-state index in [1.807, 2.05) is 85.8 Å². The van der Waals surface area contributed by atoms with E-state index in [-0.39, 0.29) is 54.0 Å². The number of aliphatic carboxylic acids is 1. The van der Waals surface area contributed by atoms with Gasteiger partial charge in [-0.3, -0.25) is 9.59 Å². The summed E-state index contributed by atoms with van der Waals surface area (Å²) in [6.07, 6.45) is 3.47. The van der Waals surface area contributed by atoms with E-state index in [2.05, 4.69) is 84.0 Å². The topological polar surface area (TPSA) is 190 Å². The summed E-state index contributed by atoms with van der Waals surface area (Å²) in [5, 5.41) is 11.3. The summed E-state index contributed by atoms with van der Waals surface area (Å²) < 4.78 is 29.3. The van der Waals surface area contributed by atoms with E-state index in [0.717, 1.165) is 83.1 Å². The number of rotatable bonds is 15. The molecular formula is C58H63LiN2O9. The van der Waals surface area contributed by atoms with E-state index in [1.165, 1.54) is 0 Å². The monoisotopic (exact) mass is 938 g/mol. The minimum atomic E-state index is -0.884. The van der Waals surface area contributed by atoms with Crippen LogP contribution in [0.2, 0.25) is 0 Å². The van der Waals surface area contributed by atoms with Gasteiger partial charge in [0.05, 0.1) is 32.0 Å². The maximum Gasteiger partial charge on any atom is 1.00 e. The summed E-state index contributed by atoms with van der Waals surface area (Å²) in [6, 6.07) is 40.3. The fourth-order valence-corrected chi connectivity index (χ4v) is 8.07. The van der Waals surface area contributed by atoms with Crippen LogP contribution in [0.15, 0.2) is 143 Å². The Morgan fingerprint density at radius 3 is 1.41 bits per heavy atom. The van der Waals surface area contributed by atoms with Crippen LogP contribution in [-0.4, -0.2) is 29.1 Å². The van der Waals surface area contributed by atoms with E-state index in [4.69, 9.17) is 34.5 Å². The number of carboxylic acid groups (broad SMARTS) is 1. The maximum absolute atomic E-state index is 12.2. The number of benzene rings is 6. The molecule has 360 valence electrons. The molecule has 0 atom stereocenters. The van der Waals surface area contributed by atoms with Gasteiger partial charge in [-0.15, -0.1) is 0 Å². The van der Waals surface area contributed by atoms with Gasteiger partial charge in [0.1, 0.15) is 35.9 Å². The molecule has 2 aromatic heterocycles. The smallest absolute Gasteiger partial charge is 0.870 e. The molecule has 0 amide bonds. The summed E-state index contributed by atoms with van der Waals surface area (Å²) in [6.45, 7) is 16.6. The Balaban J connectivity index is 0.000000254. The Labute approximate surface area is 422 Å². The zero-order valence-corrected chi connectivity index (χ0v) is 41.6. The van der Waals surface area contributed by atoms with Gasteiger partial charge in [-0.05, 0) is 123 Å². The fraction of sp³-hybridized carbons (Fsp3) is 0.276. The Bertz CT molecular complexity index is 3050. The molecule has 2 heterocycles. The van der Waals surface area contributed by atoms with Crippen LogP contribution in [0.3, 0.4) is 0 Å². The number of furan rings is 2. The van der Waals surface area contributed by atoms with Crippen molar-refractivity contribution in [2.75, 3.05) is 6.61 Å². The normalized spacial score (nSPS) is 11.3. The van der Waals surface area contributed by atoms with Crippen molar-refractivity contribution in [3.63, 3.8) is 0 Å². The molecule has 12 heteroatoms. The van der Waals surface area contributed by atoms with Crippen LogP contribution in [0.25, 0.3) is 44.2 Å². The molecule has 6 N–H and O–H groups in total. The third-order valence-corrected chi connectivity index (χ3v) is 11.8. The third kappa shape index (κ3) is 13.6. The molecule has 0 aliphatic heterocycles. The first-order valence-corrected chi connectivity index (χ1v) is 23.0. The van der Waals surface area contributed by atoms with E-state index >= 15 is 0 Å². The van der Waals surface area contributed by atoms with E-state index in [9.17, 15) is 14.7 Å². The number of esters is 1. The van der Waals surface area contributed by atoms with Crippen molar-refractivity contribution in [3.8, 4) is 33.8 Å². The first-order chi connectivity index (χ1) is 32.5. The molecule has 0 bridgehead atoms. The van der Waals surface area contributed by atoms with Gasteiger partial charge in [-0.25, -0.2) is 0 Å². The maximum atomic E-state index is 12.2. The molecule has 0 aliphatic carbocycles. The average molecular weight is 939 g/mol. The minimum Gasteiger partial charge on any atom is -0.870 e. The molecule has 0 spiro atoms. The number of carboxylic acids is 1. The van der Waals surface area contributed by atoms with Crippen molar-refractivity contribution in [3.05, 3.63) is 178 Å². The predicted octanol–water partition coefficient (Wildman–Crippen LogP) is 9.43. The third-order valence-electron chi connectivity index (χ3n) is 11.8. The average Bonchev–Trinajstić information content (AvgIpc) is 4.00. The number of hydrogen-bond acceptors (Lipinski definition) is 10. The largest absolute Gasteiger partial charge is 1.00 e. The van der Waals surface area contributed by atoms with Crippen molar-refractivity contribution < 1.29 is 62.1 Å². The summed E-state index contributed by atoms with van der Waals surface area (Å²) in [5.41, 5.74) is 25.1. The van der Waals surface area contributed by atoms with E-state index in [1.54, 1.807) is 12.5 Å². The zero-order chi connectivity index (χ0) is 48.6. The number of hydrogen-bond donors (Lipinski definition) is 3. The van der Waals surface area contributed by atoms with Crippen molar-refractivity contribution in [2.45, 2.75) is 98.4 Å². The molecule has 8 aromatic rings. The molecular weight excluding hydrogens is 876 g/mol.